The summed E-state index contributed by atoms with van der Waals surface area (Å²) in [7, 11) is 0. The molecule has 1 fully saturated rings. The van der Waals surface area contributed by atoms with Crippen LogP contribution in [0.25, 0.3) is 0 Å². The van der Waals surface area contributed by atoms with Gasteiger partial charge in [-0.05, 0) is 44.7 Å². The molecule has 1 heterocycles. The van der Waals surface area contributed by atoms with Crippen LogP contribution in [0.2, 0.25) is 0 Å². The van der Waals surface area contributed by atoms with Gasteiger partial charge in [0.05, 0.1) is 0 Å². The van der Waals surface area contributed by atoms with Crippen LogP contribution in [0.15, 0.2) is 6.07 Å². The van der Waals surface area contributed by atoms with Crippen molar-refractivity contribution >= 4 is 23.2 Å². The zero-order chi connectivity index (χ0) is 14.7. The van der Waals surface area contributed by atoms with E-state index in [9.17, 15) is 9.59 Å². The molecule has 0 saturated heterocycles. The number of nitrogens with one attached hydrogen (secondary N) is 1. The van der Waals surface area contributed by atoms with Crippen LogP contribution >= 0.6 is 11.3 Å². The topological polar surface area (TPSA) is 55.4 Å². The van der Waals surface area contributed by atoms with Crippen molar-refractivity contribution in [2.45, 2.75) is 58.6 Å². The van der Waals surface area contributed by atoms with E-state index in [4.69, 9.17) is 4.74 Å². The fourth-order valence-electron chi connectivity index (χ4n) is 1.96. The Morgan fingerprint density at radius 3 is 2.80 bits per heavy atom. The third-order valence-corrected chi connectivity index (χ3v) is 4.39. The Morgan fingerprint density at radius 2 is 2.20 bits per heavy atom. The summed E-state index contributed by atoms with van der Waals surface area (Å²) in [5, 5.41) is 2.83. The lowest BCUT2D eigenvalue weighted by molar-refractivity contribution is -0.129. The summed E-state index contributed by atoms with van der Waals surface area (Å²) < 4.78 is 5.23. The highest BCUT2D eigenvalue weighted by Gasteiger charge is 2.27. The van der Waals surface area contributed by atoms with Crippen molar-refractivity contribution < 1.29 is 14.3 Å². The van der Waals surface area contributed by atoms with Gasteiger partial charge < -0.3 is 10.1 Å². The van der Waals surface area contributed by atoms with Crippen LogP contribution in [0, 0.1) is 6.92 Å². The number of aryl methyl sites for hydroxylation is 2. The zero-order valence-electron chi connectivity index (χ0n) is 12.2. The van der Waals surface area contributed by atoms with Gasteiger partial charge in [0, 0.05) is 10.9 Å². The zero-order valence-corrected chi connectivity index (χ0v) is 13.0. The molecule has 0 bridgehead atoms. The minimum Gasteiger partial charge on any atom is -0.448 e. The van der Waals surface area contributed by atoms with E-state index < -0.39 is 12.1 Å². The van der Waals surface area contributed by atoms with Crippen LogP contribution in [-0.4, -0.2) is 24.0 Å². The monoisotopic (exact) mass is 295 g/mol. The summed E-state index contributed by atoms with van der Waals surface area (Å²) in [4.78, 5) is 25.5. The van der Waals surface area contributed by atoms with Crippen LogP contribution in [0.5, 0.6) is 0 Å². The Morgan fingerprint density at radius 1 is 1.50 bits per heavy atom. The highest BCUT2D eigenvalue weighted by molar-refractivity contribution is 7.14. The predicted molar refractivity (Wildman–Crippen MR) is 79.1 cm³/mol. The van der Waals surface area contributed by atoms with E-state index in [2.05, 4.69) is 12.2 Å². The second-order valence-electron chi connectivity index (χ2n) is 5.27. The maximum Gasteiger partial charge on any atom is 0.349 e. The minimum atomic E-state index is -0.736. The number of rotatable bonds is 6. The number of thiophene rings is 1. The van der Waals surface area contributed by atoms with Crippen molar-refractivity contribution in [1.82, 2.24) is 5.32 Å². The minimum absolute atomic E-state index is 0.206. The molecule has 0 aromatic carbocycles. The van der Waals surface area contributed by atoms with Crippen LogP contribution in [0.1, 0.15) is 53.2 Å². The third-order valence-electron chi connectivity index (χ3n) is 3.32. The molecular formula is C15H21NO3S. The number of ether oxygens (including phenoxy) is 1. The van der Waals surface area contributed by atoms with Gasteiger partial charge in [0.2, 0.25) is 0 Å². The molecular weight excluding hydrogens is 274 g/mol. The molecule has 1 aromatic heterocycles. The average molecular weight is 295 g/mol. The molecule has 1 saturated carbocycles. The molecule has 5 heteroatoms. The second kappa shape index (κ2) is 6.39. The number of carbonyl (C=O) groups excluding carboxylic acids is 2. The predicted octanol–water partition coefficient (Wildman–Crippen LogP) is 2.83. The average Bonchev–Trinajstić information content (AvgIpc) is 3.13. The number of amides is 1. The number of esters is 1. The molecule has 1 aliphatic carbocycles. The first kappa shape index (κ1) is 15.0. The SMILES string of the molecule is CCCc1cc(C(=O)OC(C)C(=O)NC2CC2)sc1C. The van der Waals surface area contributed by atoms with E-state index in [-0.39, 0.29) is 11.9 Å². The van der Waals surface area contributed by atoms with Gasteiger partial charge >= 0.3 is 5.97 Å². The highest BCUT2D eigenvalue weighted by atomic mass is 32.1. The Balaban J connectivity index is 1.92. The van der Waals surface area contributed by atoms with Crippen molar-refractivity contribution in [1.29, 1.82) is 0 Å². The number of hydrogen-bond donors (Lipinski definition) is 1. The first-order valence-electron chi connectivity index (χ1n) is 7.12. The summed E-state index contributed by atoms with van der Waals surface area (Å²) in [5.41, 5.74) is 1.19. The first-order valence-corrected chi connectivity index (χ1v) is 7.93. The lowest BCUT2D eigenvalue weighted by atomic mass is 10.1. The fourth-order valence-corrected chi connectivity index (χ4v) is 2.91. The van der Waals surface area contributed by atoms with E-state index in [0.717, 1.165) is 30.6 Å². The van der Waals surface area contributed by atoms with Gasteiger partial charge in [0.15, 0.2) is 6.10 Å². The largest absolute Gasteiger partial charge is 0.448 e. The fraction of sp³-hybridized carbons (Fsp3) is 0.600. The molecule has 20 heavy (non-hydrogen) atoms. The summed E-state index contributed by atoms with van der Waals surface area (Å²) in [5.74, 6) is -0.609. The summed E-state index contributed by atoms with van der Waals surface area (Å²) in [6.45, 7) is 5.73. The normalized spacial score (nSPS) is 15.8. The van der Waals surface area contributed by atoms with E-state index in [1.807, 2.05) is 13.0 Å². The van der Waals surface area contributed by atoms with Crippen LogP contribution < -0.4 is 5.32 Å². The van der Waals surface area contributed by atoms with Gasteiger partial charge in [-0.15, -0.1) is 11.3 Å². The maximum atomic E-state index is 12.0. The Labute approximate surface area is 123 Å². The highest BCUT2D eigenvalue weighted by Crippen LogP contribution is 2.24. The number of hydrogen-bond acceptors (Lipinski definition) is 4. The van der Waals surface area contributed by atoms with Gasteiger partial charge in [-0.25, -0.2) is 4.79 Å². The second-order valence-corrected chi connectivity index (χ2v) is 6.53. The van der Waals surface area contributed by atoms with Crippen molar-refractivity contribution in [3.63, 3.8) is 0 Å². The Kier molecular flexibility index (Phi) is 4.81. The Bertz CT molecular complexity index is 505. The van der Waals surface area contributed by atoms with Gasteiger partial charge in [0.25, 0.3) is 5.91 Å². The summed E-state index contributed by atoms with van der Waals surface area (Å²) in [6.07, 6.45) is 3.33. The van der Waals surface area contributed by atoms with E-state index >= 15 is 0 Å². The van der Waals surface area contributed by atoms with Crippen molar-refractivity contribution in [3.8, 4) is 0 Å². The molecule has 4 nitrogen and oxygen atoms in total. The molecule has 2 rings (SSSR count). The van der Waals surface area contributed by atoms with Gasteiger partial charge in [-0.1, -0.05) is 13.3 Å². The van der Waals surface area contributed by atoms with Crippen molar-refractivity contribution in [2.24, 2.45) is 0 Å². The molecule has 0 radical (unpaired) electrons. The lowest BCUT2D eigenvalue weighted by Crippen LogP contribution is -2.36. The van der Waals surface area contributed by atoms with Crippen LogP contribution in [-0.2, 0) is 16.0 Å². The lowest BCUT2D eigenvalue weighted by Gasteiger charge is -2.12. The van der Waals surface area contributed by atoms with Gasteiger partial charge in [-0.3, -0.25) is 4.79 Å². The molecule has 1 aromatic rings. The maximum absolute atomic E-state index is 12.0. The molecule has 1 atom stereocenters. The molecule has 1 unspecified atom stereocenters. The van der Waals surface area contributed by atoms with Crippen molar-refractivity contribution in [2.75, 3.05) is 0 Å². The van der Waals surface area contributed by atoms with E-state index in [0.29, 0.717) is 4.88 Å². The standard InChI is InChI=1S/C15H21NO3S/c1-4-5-11-8-13(20-10(11)3)15(18)19-9(2)14(17)16-12-6-7-12/h8-9,12H,4-7H2,1-3H3,(H,16,17). The molecule has 0 spiro atoms. The molecule has 110 valence electrons. The van der Waals surface area contributed by atoms with Crippen LogP contribution in [0.3, 0.4) is 0 Å². The summed E-state index contributed by atoms with van der Waals surface area (Å²) in [6, 6.07) is 2.17. The Hall–Kier alpha value is -1.36. The third kappa shape index (κ3) is 3.82. The van der Waals surface area contributed by atoms with Crippen LogP contribution in [0.4, 0.5) is 0 Å². The van der Waals surface area contributed by atoms with Crippen molar-refractivity contribution in [3.05, 3.63) is 21.4 Å². The van der Waals surface area contributed by atoms with E-state index in [1.54, 1.807) is 6.92 Å². The van der Waals surface area contributed by atoms with E-state index in [1.165, 1.54) is 16.9 Å². The molecule has 0 aliphatic heterocycles. The molecule has 1 aliphatic rings. The van der Waals surface area contributed by atoms with Gasteiger partial charge in [-0.2, -0.15) is 0 Å². The summed E-state index contributed by atoms with van der Waals surface area (Å²) >= 11 is 1.44. The molecule has 1 N–H and O–H groups in total. The first-order chi connectivity index (χ1) is 9.51. The van der Waals surface area contributed by atoms with Gasteiger partial charge in [0.1, 0.15) is 4.88 Å². The number of carbonyl (C=O) groups is 2. The smallest absolute Gasteiger partial charge is 0.349 e. The quantitative estimate of drug-likeness (QED) is 0.821. The molecule has 1 amide bonds.